The Bertz CT molecular complexity index is 256. The van der Waals surface area contributed by atoms with Crippen LogP contribution < -0.4 is 0 Å². The van der Waals surface area contributed by atoms with Gasteiger partial charge in [0.1, 0.15) is 0 Å². The third-order valence-electron chi connectivity index (χ3n) is 4.61. The molecule has 0 bridgehead atoms. The summed E-state index contributed by atoms with van der Waals surface area (Å²) in [7, 11) is 0. The van der Waals surface area contributed by atoms with E-state index in [2.05, 4.69) is 46.4 Å². The Morgan fingerprint density at radius 3 is 2.06 bits per heavy atom. The smallest absolute Gasteiger partial charge is 0.0155 e. The van der Waals surface area contributed by atoms with Gasteiger partial charge in [0.15, 0.2) is 0 Å². The van der Waals surface area contributed by atoms with E-state index >= 15 is 0 Å². The van der Waals surface area contributed by atoms with Crippen molar-refractivity contribution in [2.45, 2.75) is 84.8 Å². The van der Waals surface area contributed by atoms with Crippen LogP contribution in [0.5, 0.6) is 0 Å². The second-order valence-electron chi connectivity index (χ2n) is 7.95. The van der Waals surface area contributed by atoms with Gasteiger partial charge in [0.2, 0.25) is 0 Å². The minimum absolute atomic E-state index is 0.335. The first-order valence-corrected chi connectivity index (χ1v) is 7.00. The van der Waals surface area contributed by atoms with E-state index < -0.39 is 0 Å². The molecular formula is C15H29N. The van der Waals surface area contributed by atoms with E-state index in [0.29, 0.717) is 11.0 Å². The quantitative estimate of drug-likeness (QED) is 0.598. The molecule has 2 rings (SSSR count). The number of hydrogen-bond donors (Lipinski definition) is 0. The molecule has 16 heavy (non-hydrogen) atoms. The van der Waals surface area contributed by atoms with Crippen molar-refractivity contribution < 1.29 is 0 Å². The van der Waals surface area contributed by atoms with Gasteiger partial charge in [0, 0.05) is 17.6 Å². The Labute approximate surface area is 102 Å². The average Bonchev–Trinajstić information content (AvgIpc) is 2.53. The van der Waals surface area contributed by atoms with E-state index in [1.165, 1.54) is 25.7 Å². The normalized spacial score (nSPS) is 36.8. The van der Waals surface area contributed by atoms with Crippen LogP contribution >= 0.6 is 0 Å². The highest BCUT2D eigenvalue weighted by Gasteiger charge is 2.50. The molecule has 1 aliphatic heterocycles. The Morgan fingerprint density at radius 1 is 0.938 bits per heavy atom. The third kappa shape index (κ3) is 2.03. The summed E-state index contributed by atoms with van der Waals surface area (Å²) < 4.78 is 0. The summed E-state index contributed by atoms with van der Waals surface area (Å²) in [5.41, 5.74) is 0.763. The van der Waals surface area contributed by atoms with Crippen LogP contribution in [-0.2, 0) is 0 Å². The van der Waals surface area contributed by atoms with Gasteiger partial charge in [-0.3, -0.25) is 4.90 Å². The minimum atomic E-state index is 0.335. The molecule has 0 radical (unpaired) electrons. The first kappa shape index (κ1) is 12.4. The van der Waals surface area contributed by atoms with Crippen molar-refractivity contribution in [3.8, 4) is 0 Å². The fourth-order valence-corrected chi connectivity index (χ4v) is 4.03. The predicted octanol–water partition coefficient (Wildman–Crippen LogP) is 4.07. The van der Waals surface area contributed by atoms with Crippen molar-refractivity contribution in [1.82, 2.24) is 4.90 Å². The lowest BCUT2D eigenvalue weighted by atomic mass is 9.82. The number of hydrogen-bond acceptors (Lipinski definition) is 1. The van der Waals surface area contributed by atoms with Crippen molar-refractivity contribution in [1.29, 1.82) is 0 Å². The second-order valence-corrected chi connectivity index (χ2v) is 7.95. The summed E-state index contributed by atoms with van der Waals surface area (Å²) >= 11 is 0. The lowest BCUT2D eigenvalue weighted by Gasteiger charge is -2.46. The van der Waals surface area contributed by atoms with E-state index in [0.717, 1.165) is 18.0 Å². The molecule has 1 saturated carbocycles. The van der Waals surface area contributed by atoms with Crippen molar-refractivity contribution in [2.75, 3.05) is 0 Å². The number of likely N-dealkylation sites (tertiary alicyclic amines) is 1. The summed E-state index contributed by atoms with van der Waals surface area (Å²) in [5.74, 6) is 0.989. The molecule has 1 saturated heterocycles. The molecular weight excluding hydrogens is 194 g/mol. The molecule has 0 N–H and O–H groups in total. The van der Waals surface area contributed by atoms with Crippen LogP contribution in [0.1, 0.15) is 67.2 Å². The molecule has 1 heteroatoms. The van der Waals surface area contributed by atoms with Crippen LogP contribution in [0.2, 0.25) is 0 Å². The molecule has 0 amide bonds. The predicted molar refractivity (Wildman–Crippen MR) is 70.6 cm³/mol. The largest absolute Gasteiger partial charge is 0.292 e. The van der Waals surface area contributed by atoms with Gasteiger partial charge in [0.25, 0.3) is 0 Å². The highest BCUT2D eigenvalue weighted by atomic mass is 15.3. The number of nitrogens with zero attached hydrogens (tertiary/aromatic N) is 1. The average molecular weight is 223 g/mol. The summed E-state index contributed by atoms with van der Waals surface area (Å²) in [4.78, 5) is 2.85. The Kier molecular flexibility index (Phi) is 2.89. The van der Waals surface area contributed by atoms with Crippen molar-refractivity contribution in [3.63, 3.8) is 0 Å². The SMILES string of the molecule is CC(C)(C)[C@@H]1C[C@@H]2CCC[C@@H]2N1C(C)(C)C. The lowest BCUT2D eigenvalue weighted by molar-refractivity contribution is 0.0238. The molecule has 0 unspecified atom stereocenters. The fraction of sp³-hybridized carbons (Fsp3) is 1.00. The van der Waals surface area contributed by atoms with Gasteiger partial charge in [-0.1, -0.05) is 27.2 Å². The fourth-order valence-electron chi connectivity index (χ4n) is 4.03. The van der Waals surface area contributed by atoms with Crippen molar-refractivity contribution >= 4 is 0 Å². The zero-order valence-corrected chi connectivity index (χ0v) is 12.0. The molecule has 3 atom stereocenters. The van der Waals surface area contributed by atoms with Gasteiger partial charge in [-0.25, -0.2) is 0 Å². The van der Waals surface area contributed by atoms with Crippen LogP contribution in [0.4, 0.5) is 0 Å². The van der Waals surface area contributed by atoms with E-state index in [1.807, 2.05) is 0 Å². The van der Waals surface area contributed by atoms with Gasteiger partial charge >= 0.3 is 0 Å². The highest BCUT2D eigenvalue weighted by Crippen LogP contribution is 2.49. The third-order valence-corrected chi connectivity index (χ3v) is 4.61. The number of rotatable bonds is 0. The monoisotopic (exact) mass is 223 g/mol. The van der Waals surface area contributed by atoms with Crippen LogP contribution in [-0.4, -0.2) is 22.5 Å². The highest BCUT2D eigenvalue weighted by molar-refractivity contribution is 5.04. The standard InChI is InChI=1S/C15H29N/c1-14(2,3)13-10-11-8-7-9-12(11)16(13)15(4,5)6/h11-13H,7-10H2,1-6H3/t11-,12-,13-/m0/s1. The topological polar surface area (TPSA) is 3.24 Å². The van der Waals surface area contributed by atoms with Gasteiger partial charge < -0.3 is 0 Å². The number of fused-ring (bicyclic) bond motifs is 1. The van der Waals surface area contributed by atoms with Gasteiger partial charge in [-0.15, -0.1) is 0 Å². The molecule has 0 spiro atoms. The molecule has 94 valence electrons. The van der Waals surface area contributed by atoms with E-state index in [9.17, 15) is 0 Å². The minimum Gasteiger partial charge on any atom is -0.292 e. The molecule has 2 aliphatic rings. The van der Waals surface area contributed by atoms with E-state index in [1.54, 1.807) is 0 Å². The summed E-state index contributed by atoms with van der Waals surface area (Å²) in [6.07, 6.45) is 5.81. The molecule has 1 aliphatic carbocycles. The molecule has 1 nitrogen and oxygen atoms in total. The maximum Gasteiger partial charge on any atom is 0.0155 e. The Balaban J connectivity index is 2.27. The first-order chi connectivity index (χ1) is 7.21. The summed E-state index contributed by atoms with van der Waals surface area (Å²) in [6.45, 7) is 14.4. The molecule has 0 aromatic carbocycles. The van der Waals surface area contributed by atoms with Crippen LogP contribution in [0.3, 0.4) is 0 Å². The maximum absolute atomic E-state index is 2.85. The van der Waals surface area contributed by atoms with Crippen LogP contribution in [0.25, 0.3) is 0 Å². The van der Waals surface area contributed by atoms with Gasteiger partial charge in [0.05, 0.1) is 0 Å². The van der Waals surface area contributed by atoms with Gasteiger partial charge in [-0.2, -0.15) is 0 Å². The Morgan fingerprint density at radius 2 is 1.56 bits per heavy atom. The lowest BCUT2D eigenvalue weighted by Crippen LogP contribution is -2.53. The maximum atomic E-state index is 2.85. The van der Waals surface area contributed by atoms with Gasteiger partial charge in [-0.05, 0) is 51.4 Å². The van der Waals surface area contributed by atoms with Crippen molar-refractivity contribution in [3.05, 3.63) is 0 Å². The molecule has 0 aromatic rings. The molecule has 2 fully saturated rings. The molecule has 0 aromatic heterocycles. The van der Waals surface area contributed by atoms with E-state index in [4.69, 9.17) is 0 Å². The first-order valence-electron chi connectivity index (χ1n) is 7.00. The second kappa shape index (κ2) is 3.73. The molecule has 1 heterocycles. The van der Waals surface area contributed by atoms with E-state index in [-0.39, 0.29) is 0 Å². The summed E-state index contributed by atoms with van der Waals surface area (Å²) in [6, 6.07) is 1.66. The van der Waals surface area contributed by atoms with Crippen LogP contribution in [0.15, 0.2) is 0 Å². The Hall–Kier alpha value is -0.0400. The van der Waals surface area contributed by atoms with Crippen LogP contribution in [0, 0.1) is 11.3 Å². The summed E-state index contributed by atoms with van der Waals surface area (Å²) in [5, 5.41) is 0. The zero-order valence-electron chi connectivity index (χ0n) is 12.0. The zero-order chi connectivity index (χ0) is 12.1. The van der Waals surface area contributed by atoms with Crippen molar-refractivity contribution in [2.24, 2.45) is 11.3 Å².